The molecule has 4 rings (SSSR count). The van der Waals surface area contributed by atoms with Crippen LogP contribution in [0.15, 0.2) is 30.3 Å². The summed E-state index contributed by atoms with van der Waals surface area (Å²) in [5.74, 6) is 1.15. The first-order valence-corrected chi connectivity index (χ1v) is 12.4. The number of carbonyl (C=O) groups is 1. The van der Waals surface area contributed by atoms with Crippen molar-refractivity contribution in [1.29, 1.82) is 0 Å². The van der Waals surface area contributed by atoms with Crippen LogP contribution in [0.25, 0.3) is 10.2 Å². The van der Waals surface area contributed by atoms with Crippen molar-refractivity contribution in [1.82, 2.24) is 9.88 Å². The summed E-state index contributed by atoms with van der Waals surface area (Å²) in [5.41, 5.74) is 1.22. The SMILES string of the molecule is CCOc1cc(C(=O)N2CCC(Oc3nc4ccc(F)cc4s3)CC2)cc(OCC)c1OCC. The molecule has 0 N–H and O–H groups in total. The topological polar surface area (TPSA) is 70.1 Å². The fraction of sp³-hybridized carbons (Fsp3) is 0.440. The zero-order chi connectivity index (χ0) is 24.1. The van der Waals surface area contributed by atoms with Crippen LogP contribution in [0.2, 0.25) is 0 Å². The Morgan fingerprint density at radius 2 is 1.68 bits per heavy atom. The third-order valence-electron chi connectivity index (χ3n) is 5.48. The van der Waals surface area contributed by atoms with E-state index in [-0.39, 0.29) is 17.8 Å². The van der Waals surface area contributed by atoms with Crippen LogP contribution < -0.4 is 18.9 Å². The Morgan fingerprint density at radius 1 is 1.03 bits per heavy atom. The fourth-order valence-corrected chi connectivity index (χ4v) is 4.85. The number of nitrogens with zero attached hydrogens (tertiary/aromatic N) is 2. The second-order valence-corrected chi connectivity index (χ2v) is 8.80. The summed E-state index contributed by atoms with van der Waals surface area (Å²) in [5, 5.41) is 0.527. The number of amides is 1. The third kappa shape index (κ3) is 5.35. The maximum absolute atomic E-state index is 13.4. The van der Waals surface area contributed by atoms with Gasteiger partial charge < -0.3 is 23.8 Å². The van der Waals surface area contributed by atoms with Crippen LogP contribution in [0.1, 0.15) is 44.0 Å². The molecule has 1 aromatic heterocycles. The van der Waals surface area contributed by atoms with Gasteiger partial charge in [-0.2, -0.15) is 0 Å². The third-order valence-corrected chi connectivity index (χ3v) is 6.39. The van der Waals surface area contributed by atoms with E-state index in [1.54, 1.807) is 18.2 Å². The summed E-state index contributed by atoms with van der Waals surface area (Å²) in [6.07, 6.45) is 1.32. The monoisotopic (exact) mass is 488 g/mol. The lowest BCUT2D eigenvalue weighted by atomic mass is 10.1. The van der Waals surface area contributed by atoms with E-state index in [0.717, 1.165) is 10.2 Å². The molecule has 0 aliphatic carbocycles. The normalized spacial score (nSPS) is 14.3. The zero-order valence-electron chi connectivity index (χ0n) is 19.6. The number of aromatic nitrogens is 1. The van der Waals surface area contributed by atoms with Crippen LogP contribution in [0.5, 0.6) is 22.4 Å². The van der Waals surface area contributed by atoms with Gasteiger partial charge in [-0.05, 0) is 51.1 Å². The van der Waals surface area contributed by atoms with Gasteiger partial charge in [-0.3, -0.25) is 4.79 Å². The number of carbonyl (C=O) groups excluding carboxylic acids is 1. The van der Waals surface area contributed by atoms with Gasteiger partial charge in [-0.1, -0.05) is 11.3 Å². The van der Waals surface area contributed by atoms with Crippen LogP contribution >= 0.6 is 11.3 Å². The summed E-state index contributed by atoms with van der Waals surface area (Å²) < 4.78 is 37.5. The minimum Gasteiger partial charge on any atom is -0.490 e. The molecule has 7 nitrogen and oxygen atoms in total. The molecule has 1 fully saturated rings. The molecule has 182 valence electrons. The highest BCUT2D eigenvalue weighted by Crippen LogP contribution is 2.39. The number of likely N-dealkylation sites (tertiary alicyclic amines) is 1. The van der Waals surface area contributed by atoms with Crippen LogP contribution in [-0.2, 0) is 0 Å². The number of halogens is 1. The van der Waals surface area contributed by atoms with Gasteiger partial charge in [0, 0.05) is 31.5 Å². The number of rotatable bonds is 9. The van der Waals surface area contributed by atoms with E-state index >= 15 is 0 Å². The average molecular weight is 489 g/mol. The highest BCUT2D eigenvalue weighted by molar-refractivity contribution is 7.20. The molecule has 0 radical (unpaired) electrons. The van der Waals surface area contributed by atoms with Crippen molar-refractivity contribution in [2.75, 3.05) is 32.9 Å². The minimum absolute atomic E-state index is 0.0484. The Balaban J connectivity index is 1.43. The second kappa shape index (κ2) is 10.9. The molecule has 1 saturated heterocycles. The van der Waals surface area contributed by atoms with E-state index in [0.29, 0.717) is 73.8 Å². The predicted octanol–water partition coefficient (Wildman–Crippen LogP) is 5.32. The van der Waals surface area contributed by atoms with Gasteiger partial charge in [-0.15, -0.1) is 0 Å². The average Bonchev–Trinajstić information content (AvgIpc) is 3.22. The molecular weight excluding hydrogens is 459 g/mol. The van der Waals surface area contributed by atoms with E-state index in [1.165, 1.54) is 23.5 Å². The Morgan fingerprint density at radius 3 is 2.29 bits per heavy atom. The molecule has 1 aliphatic heterocycles. The van der Waals surface area contributed by atoms with Crippen molar-refractivity contribution in [3.63, 3.8) is 0 Å². The molecule has 0 saturated carbocycles. The summed E-state index contributed by atoms with van der Waals surface area (Å²) in [7, 11) is 0. The Hall–Kier alpha value is -3.07. The highest BCUT2D eigenvalue weighted by Gasteiger charge is 2.27. The maximum Gasteiger partial charge on any atom is 0.274 e. The lowest BCUT2D eigenvalue weighted by Gasteiger charge is -2.32. The van der Waals surface area contributed by atoms with Crippen molar-refractivity contribution in [2.45, 2.75) is 39.7 Å². The van der Waals surface area contributed by atoms with E-state index in [2.05, 4.69) is 4.98 Å². The number of hydrogen-bond donors (Lipinski definition) is 0. The summed E-state index contributed by atoms with van der Waals surface area (Å²) in [6.45, 7) is 8.14. The molecule has 1 aliphatic rings. The molecule has 9 heteroatoms. The number of benzene rings is 2. The maximum atomic E-state index is 13.4. The van der Waals surface area contributed by atoms with Crippen molar-refractivity contribution < 1.29 is 28.1 Å². The second-order valence-electron chi connectivity index (χ2n) is 7.80. The molecule has 1 amide bonds. The lowest BCUT2D eigenvalue weighted by molar-refractivity contribution is 0.0594. The largest absolute Gasteiger partial charge is 0.490 e. The highest BCUT2D eigenvalue weighted by atomic mass is 32.1. The first-order chi connectivity index (χ1) is 16.5. The van der Waals surface area contributed by atoms with E-state index in [4.69, 9.17) is 18.9 Å². The van der Waals surface area contributed by atoms with Gasteiger partial charge >= 0.3 is 0 Å². The Labute approximate surface area is 202 Å². The van der Waals surface area contributed by atoms with Gasteiger partial charge in [0.15, 0.2) is 11.5 Å². The quantitative estimate of drug-likeness (QED) is 0.406. The molecule has 0 spiro atoms. The predicted molar refractivity (Wildman–Crippen MR) is 129 cm³/mol. The van der Waals surface area contributed by atoms with Crippen molar-refractivity contribution in [3.05, 3.63) is 41.7 Å². The van der Waals surface area contributed by atoms with Gasteiger partial charge in [0.05, 0.1) is 30.0 Å². The number of fused-ring (bicyclic) bond motifs is 1. The smallest absolute Gasteiger partial charge is 0.274 e. The standard InChI is InChI=1S/C25H29FN2O5S/c1-4-30-20-13-16(14-21(31-5-2)23(20)32-6-3)24(29)28-11-9-18(10-12-28)33-25-27-19-8-7-17(26)15-22(19)34-25/h7-8,13-15,18H,4-6,9-12H2,1-3H3. The van der Waals surface area contributed by atoms with Crippen LogP contribution in [0.3, 0.4) is 0 Å². The first-order valence-electron chi connectivity index (χ1n) is 11.6. The summed E-state index contributed by atoms with van der Waals surface area (Å²) in [6, 6.07) is 7.96. The van der Waals surface area contributed by atoms with Gasteiger partial charge in [-0.25, -0.2) is 9.37 Å². The van der Waals surface area contributed by atoms with E-state index < -0.39 is 0 Å². The summed E-state index contributed by atoms with van der Waals surface area (Å²) >= 11 is 1.33. The van der Waals surface area contributed by atoms with Crippen molar-refractivity contribution in [3.8, 4) is 22.4 Å². The molecule has 34 heavy (non-hydrogen) atoms. The van der Waals surface area contributed by atoms with Crippen molar-refractivity contribution in [2.24, 2.45) is 0 Å². The minimum atomic E-state index is -0.288. The van der Waals surface area contributed by atoms with Gasteiger partial charge in [0.25, 0.3) is 11.1 Å². The molecular formula is C25H29FN2O5S. The number of piperidine rings is 1. The van der Waals surface area contributed by atoms with Crippen molar-refractivity contribution >= 4 is 27.5 Å². The number of thiazole rings is 1. The van der Waals surface area contributed by atoms with Crippen LogP contribution in [0, 0.1) is 5.82 Å². The molecule has 2 heterocycles. The fourth-order valence-electron chi connectivity index (χ4n) is 3.94. The zero-order valence-corrected chi connectivity index (χ0v) is 20.5. The number of hydrogen-bond acceptors (Lipinski definition) is 7. The van der Waals surface area contributed by atoms with E-state index in [9.17, 15) is 9.18 Å². The Kier molecular flexibility index (Phi) is 7.72. The molecule has 0 bridgehead atoms. The molecule has 0 atom stereocenters. The van der Waals surface area contributed by atoms with E-state index in [1.807, 2.05) is 25.7 Å². The first kappa shape index (κ1) is 24.1. The van der Waals surface area contributed by atoms with Crippen LogP contribution in [-0.4, -0.2) is 54.8 Å². The lowest BCUT2D eigenvalue weighted by Crippen LogP contribution is -2.41. The van der Waals surface area contributed by atoms with Gasteiger partial charge in [0.2, 0.25) is 5.75 Å². The molecule has 0 unspecified atom stereocenters. The van der Waals surface area contributed by atoms with Crippen LogP contribution in [0.4, 0.5) is 4.39 Å². The Bertz CT molecular complexity index is 1120. The van der Waals surface area contributed by atoms with Gasteiger partial charge in [0.1, 0.15) is 11.9 Å². The summed E-state index contributed by atoms with van der Waals surface area (Å²) in [4.78, 5) is 19.5. The molecule has 3 aromatic rings. The number of ether oxygens (including phenoxy) is 4. The molecule has 2 aromatic carbocycles.